The number of alkyl halides is 3. The number of nitrogens with zero attached hydrogens (tertiary/aromatic N) is 3. The summed E-state index contributed by atoms with van der Waals surface area (Å²) < 4.78 is 49.7. The highest BCUT2D eigenvalue weighted by Gasteiger charge is 2.38. The summed E-state index contributed by atoms with van der Waals surface area (Å²) in [4.78, 5) is 52.1. The SMILES string of the molecule is COC(=O)NC(C(=O)N1CCCC1c1ncc(C2=CC=C(c3ccc(NC(=O)c4ccc(NCC(C)N)nc4)cc3OC(F)(F)F)CC2)[nH]1)C(C)C. The Hall–Kier alpha value is -5.38. The molecule has 278 valence electrons. The van der Waals surface area contributed by atoms with Crippen LogP contribution in [-0.4, -0.2) is 76.4 Å². The van der Waals surface area contributed by atoms with Crippen LogP contribution in [0.3, 0.4) is 0 Å². The molecule has 1 fully saturated rings. The second-order valence-corrected chi connectivity index (χ2v) is 13.1. The van der Waals surface area contributed by atoms with Gasteiger partial charge in [-0.3, -0.25) is 9.59 Å². The van der Waals surface area contributed by atoms with Gasteiger partial charge in [0.1, 0.15) is 23.4 Å². The highest BCUT2D eigenvalue weighted by atomic mass is 19.4. The first kappa shape index (κ1) is 37.9. The van der Waals surface area contributed by atoms with Crippen molar-refractivity contribution in [2.45, 2.75) is 70.9 Å². The molecular formula is C36H43F3N8O5. The monoisotopic (exact) mass is 724 g/mol. The third-order valence-electron chi connectivity index (χ3n) is 8.78. The van der Waals surface area contributed by atoms with Crippen molar-refractivity contribution >= 4 is 40.6 Å². The molecule has 3 unspecified atom stereocenters. The molecule has 0 saturated carbocycles. The van der Waals surface area contributed by atoms with E-state index in [9.17, 15) is 27.6 Å². The number of methoxy groups -OCH3 is 1. The molecule has 3 heterocycles. The van der Waals surface area contributed by atoms with E-state index in [1.165, 1.54) is 25.4 Å². The molecule has 0 radical (unpaired) electrons. The first-order chi connectivity index (χ1) is 24.7. The summed E-state index contributed by atoms with van der Waals surface area (Å²) in [7, 11) is 1.25. The number of hydrogen-bond acceptors (Lipinski definition) is 9. The lowest BCUT2D eigenvalue weighted by Gasteiger charge is -2.30. The summed E-state index contributed by atoms with van der Waals surface area (Å²) in [5, 5.41) is 8.29. The number of benzene rings is 1. The maximum absolute atomic E-state index is 13.5. The van der Waals surface area contributed by atoms with Gasteiger partial charge in [0.2, 0.25) is 5.91 Å². The Balaban J connectivity index is 1.31. The van der Waals surface area contributed by atoms with E-state index < -0.39 is 30.2 Å². The number of aromatic nitrogens is 3. The van der Waals surface area contributed by atoms with Gasteiger partial charge in [-0.25, -0.2) is 14.8 Å². The summed E-state index contributed by atoms with van der Waals surface area (Å²) in [6, 6.07) is 6.15. The van der Waals surface area contributed by atoms with E-state index in [2.05, 4.69) is 35.6 Å². The highest BCUT2D eigenvalue weighted by Crippen LogP contribution is 2.39. The molecule has 52 heavy (non-hydrogen) atoms. The molecule has 6 N–H and O–H groups in total. The third-order valence-corrected chi connectivity index (χ3v) is 8.78. The number of aromatic amines is 1. The number of alkyl carbamates (subject to hydrolysis) is 1. The fraction of sp³-hybridized carbons (Fsp3) is 0.417. The van der Waals surface area contributed by atoms with Crippen molar-refractivity contribution in [2.75, 3.05) is 30.8 Å². The lowest BCUT2D eigenvalue weighted by Crippen LogP contribution is -2.51. The van der Waals surface area contributed by atoms with Gasteiger partial charge >= 0.3 is 12.5 Å². The Labute approximate surface area is 299 Å². The van der Waals surface area contributed by atoms with Crippen LogP contribution in [0.15, 0.2) is 54.9 Å². The first-order valence-corrected chi connectivity index (χ1v) is 17.0. The standard InChI is InChI=1S/C36H43F3N8O5/c1-20(2)31(46-35(50)51-4)34(49)47-15-5-6-28(47)32-43-19-27(45-32)23-9-7-22(8-10-23)26-13-12-25(16-29(26)52-36(37,38)39)44-33(48)24-11-14-30(42-18-24)41-17-21(3)40/h7,9,11-14,16,18-21,28,31H,5-6,8,10,15,17,40H2,1-4H3,(H,41,42)(H,43,45)(H,44,48)(H,46,50). The van der Waals surface area contributed by atoms with Crippen LogP contribution < -0.4 is 26.4 Å². The molecule has 2 aromatic heterocycles. The first-order valence-electron chi connectivity index (χ1n) is 17.0. The zero-order valence-electron chi connectivity index (χ0n) is 29.3. The van der Waals surface area contributed by atoms with Gasteiger partial charge in [0.05, 0.1) is 30.6 Å². The van der Waals surface area contributed by atoms with Crippen LogP contribution in [0.5, 0.6) is 5.75 Å². The molecule has 3 atom stereocenters. The van der Waals surface area contributed by atoms with Crippen molar-refractivity contribution < 1.29 is 37.0 Å². The average molecular weight is 725 g/mol. The van der Waals surface area contributed by atoms with Gasteiger partial charge in [-0.1, -0.05) is 26.0 Å². The minimum absolute atomic E-state index is 0.0931. The number of pyridine rings is 1. The fourth-order valence-corrected chi connectivity index (χ4v) is 6.12. The van der Waals surface area contributed by atoms with Crippen LogP contribution in [0, 0.1) is 5.92 Å². The van der Waals surface area contributed by atoms with E-state index in [-0.39, 0.29) is 40.7 Å². The summed E-state index contributed by atoms with van der Waals surface area (Å²) in [5.41, 5.74) is 8.54. The number of carbonyl (C=O) groups is 3. The van der Waals surface area contributed by atoms with Crippen molar-refractivity contribution in [1.29, 1.82) is 0 Å². The lowest BCUT2D eigenvalue weighted by atomic mass is 9.91. The number of likely N-dealkylation sites (tertiary alicyclic amines) is 1. The van der Waals surface area contributed by atoms with E-state index >= 15 is 0 Å². The topological polar surface area (TPSA) is 177 Å². The molecule has 1 aliphatic heterocycles. The second-order valence-electron chi connectivity index (χ2n) is 13.1. The van der Waals surface area contributed by atoms with Crippen LogP contribution in [0.2, 0.25) is 0 Å². The molecule has 1 aromatic carbocycles. The van der Waals surface area contributed by atoms with Crippen LogP contribution in [0.1, 0.15) is 79.9 Å². The number of carbonyl (C=O) groups excluding carboxylic acids is 3. The minimum atomic E-state index is -4.96. The van der Waals surface area contributed by atoms with Crippen molar-refractivity contribution in [3.05, 3.63) is 77.5 Å². The Morgan fingerprint density at radius 3 is 2.44 bits per heavy atom. The molecule has 0 bridgehead atoms. The molecule has 0 spiro atoms. The molecule has 3 amide bonds. The molecule has 3 aromatic rings. The largest absolute Gasteiger partial charge is 0.573 e. The zero-order valence-corrected chi connectivity index (χ0v) is 29.3. The van der Waals surface area contributed by atoms with E-state index in [0.29, 0.717) is 49.6 Å². The summed E-state index contributed by atoms with van der Waals surface area (Å²) in [5.74, 6) is -0.241. The van der Waals surface area contributed by atoms with Crippen molar-refractivity contribution in [3.63, 3.8) is 0 Å². The van der Waals surface area contributed by atoms with Gasteiger partial charge in [0, 0.05) is 42.6 Å². The van der Waals surface area contributed by atoms with Crippen molar-refractivity contribution in [1.82, 2.24) is 25.2 Å². The quantitative estimate of drug-likeness (QED) is 0.150. The summed E-state index contributed by atoms with van der Waals surface area (Å²) in [6.45, 7) is 6.54. The molecule has 13 nitrogen and oxygen atoms in total. The number of anilines is 2. The molecule has 16 heteroatoms. The van der Waals surface area contributed by atoms with Crippen LogP contribution in [0.25, 0.3) is 11.1 Å². The van der Waals surface area contributed by atoms with Crippen molar-refractivity contribution in [2.24, 2.45) is 11.7 Å². The number of halogens is 3. The molecular weight excluding hydrogens is 681 g/mol. The number of hydrogen-bond donors (Lipinski definition) is 5. The number of H-pyrrole nitrogens is 1. The van der Waals surface area contributed by atoms with E-state index in [0.717, 1.165) is 23.8 Å². The maximum Gasteiger partial charge on any atom is 0.573 e. The van der Waals surface area contributed by atoms with Gasteiger partial charge < -0.3 is 41.0 Å². The van der Waals surface area contributed by atoms with Gasteiger partial charge in [-0.15, -0.1) is 13.2 Å². The average Bonchev–Trinajstić information content (AvgIpc) is 3.80. The second kappa shape index (κ2) is 16.3. The Kier molecular flexibility index (Phi) is 11.9. The number of ether oxygens (including phenoxy) is 2. The molecule has 1 aliphatic carbocycles. The van der Waals surface area contributed by atoms with Gasteiger partial charge in [-0.05, 0) is 73.9 Å². The normalized spacial score (nSPS) is 17.2. The molecule has 2 aliphatic rings. The number of allylic oxidation sites excluding steroid dienone is 4. The Bertz CT molecular complexity index is 1820. The minimum Gasteiger partial charge on any atom is -0.453 e. The molecule has 1 saturated heterocycles. The zero-order chi connectivity index (χ0) is 37.6. The predicted molar refractivity (Wildman–Crippen MR) is 189 cm³/mol. The number of nitrogens with two attached hydrogens (primary N) is 1. The number of amides is 3. The number of rotatable bonds is 12. The van der Waals surface area contributed by atoms with Crippen LogP contribution in [0.4, 0.5) is 29.5 Å². The van der Waals surface area contributed by atoms with Crippen LogP contribution >= 0.6 is 0 Å². The van der Waals surface area contributed by atoms with Gasteiger partial charge in [0.15, 0.2) is 0 Å². The number of imidazole rings is 1. The Morgan fingerprint density at radius 1 is 1.06 bits per heavy atom. The summed E-state index contributed by atoms with van der Waals surface area (Å²) in [6.07, 6.45) is 3.30. The highest BCUT2D eigenvalue weighted by molar-refractivity contribution is 6.04. The van der Waals surface area contributed by atoms with Crippen molar-refractivity contribution in [3.8, 4) is 5.75 Å². The smallest absolute Gasteiger partial charge is 0.453 e. The number of nitrogens with one attached hydrogen (secondary N) is 4. The molecule has 5 rings (SSSR count). The van der Waals surface area contributed by atoms with Gasteiger partial charge in [0.25, 0.3) is 5.91 Å². The lowest BCUT2D eigenvalue weighted by molar-refractivity contribution is -0.274. The van der Waals surface area contributed by atoms with Gasteiger partial charge in [-0.2, -0.15) is 0 Å². The fourth-order valence-electron chi connectivity index (χ4n) is 6.12. The Morgan fingerprint density at radius 2 is 1.81 bits per heavy atom. The van der Waals surface area contributed by atoms with E-state index in [1.807, 2.05) is 26.8 Å². The van der Waals surface area contributed by atoms with E-state index in [4.69, 9.17) is 10.5 Å². The maximum atomic E-state index is 13.5. The van der Waals surface area contributed by atoms with Crippen LogP contribution in [-0.2, 0) is 9.53 Å². The predicted octanol–water partition coefficient (Wildman–Crippen LogP) is 6.02. The van der Waals surface area contributed by atoms with E-state index in [1.54, 1.807) is 29.3 Å². The summed E-state index contributed by atoms with van der Waals surface area (Å²) >= 11 is 0. The third kappa shape index (κ3) is 9.48.